The molecule has 0 fully saturated rings. The highest BCUT2D eigenvalue weighted by molar-refractivity contribution is 8.14. The van der Waals surface area contributed by atoms with E-state index in [9.17, 15) is 18.0 Å². The first kappa shape index (κ1) is 15.8. The average molecular weight is 318 g/mol. The third kappa shape index (κ3) is 5.39. The molecule has 1 aromatic rings. The fourth-order valence-electron chi connectivity index (χ4n) is 1.62. The molecular formula is C13H13F3N2O2S. The van der Waals surface area contributed by atoms with Gasteiger partial charge in [-0.25, -0.2) is 0 Å². The molecule has 0 saturated heterocycles. The summed E-state index contributed by atoms with van der Waals surface area (Å²) in [7, 11) is 0. The molecule has 8 heteroatoms. The molecule has 21 heavy (non-hydrogen) atoms. The van der Waals surface area contributed by atoms with E-state index in [1.54, 1.807) is 24.3 Å². The number of ether oxygens (including phenoxy) is 1. The molecule has 0 saturated carbocycles. The molecule has 114 valence electrons. The molecule has 0 radical (unpaired) electrons. The number of halogens is 3. The van der Waals surface area contributed by atoms with E-state index in [-0.39, 0.29) is 12.5 Å². The van der Waals surface area contributed by atoms with Gasteiger partial charge in [-0.3, -0.25) is 9.79 Å². The zero-order valence-electron chi connectivity index (χ0n) is 10.9. The molecule has 1 aromatic carbocycles. The highest BCUT2D eigenvalue weighted by Crippen LogP contribution is 2.16. The number of carbonyl (C=O) groups excluding carboxylic acids is 1. The van der Waals surface area contributed by atoms with Crippen LogP contribution in [0.2, 0.25) is 0 Å². The maximum absolute atomic E-state index is 11.9. The number of thioether (sulfide) groups is 1. The van der Waals surface area contributed by atoms with Crippen LogP contribution in [0, 0.1) is 0 Å². The molecular weight excluding hydrogens is 305 g/mol. The average Bonchev–Trinajstić information content (AvgIpc) is 2.91. The molecule has 1 aliphatic rings. The number of amides is 1. The second-order valence-electron chi connectivity index (χ2n) is 4.29. The van der Waals surface area contributed by atoms with Crippen molar-refractivity contribution >= 4 is 22.8 Å². The van der Waals surface area contributed by atoms with E-state index in [2.05, 4.69) is 15.0 Å². The summed E-state index contributed by atoms with van der Waals surface area (Å²) in [6, 6.07) is 6.22. The summed E-state index contributed by atoms with van der Waals surface area (Å²) in [6.45, 7) is -0.744. The number of nitrogens with zero attached hydrogens (tertiary/aromatic N) is 1. The molecule has 0 spiro atoms. The Morgan fingerprint density at radius 1 is 1.33 bits per heavy atom. The van der Waals surface area contributed by atoms with Crippen molar-refractivity contribution in [2.45, 2.75) is 12.8 Å². The van der Waals surface area contributed by atoms with Crippen LogP contribution in [0.4, 0.5) is 13.2 Å². The lowest BCUT2D eigenvalue weighted by atomic mass is 10.1. The Hall–Kier alpha value is -1.54. The SMILES string of the molecule is O=C(NC1=NCCS1)c1ccc(COCC(F)(F)F)cc1. The van der Waals surface area contributed by atoms with E-state index >= 15 is 0 Å². The molecule has 0 atom stereocenters. The Kier molecular flexibility index (Phi) is 5.24. The Morgan fingerprint density at radius 3 is 2.62 bits per heavy atom. The van der Waals surface area contributed by atoms with E-state index in [1.807, 2.05) is 0 Å². The molecule has 1 aliphatic heterocycles. The fraction of sp³-hybridized carbons (Fsp3) is 0.385. The fourth-order valence-corrected chi connectivity index (χ4v) is 2.34. The van der Waals surface area contributed by atoms with Crippen molar-refractivity contribution in [1.29, 1.82) is 0 Å². The molecule has 1 heterocycles. The largest absolute Gasteiger partial charge is 0.411 e. The molecule has 0 unspecified atom stereocenters. The first-order chi connectivity index (χ1) is 9.94. The van der Waals surface area contributed by atoms with E-state index in [1.165, 1.54) is 11.8 Å². The van der Waals surface area contributed by atoms with Gasteiger partial charge in [-0.15, -0.1) is 0 Å². The van der Waals surface area contributed by atoms with Crippen molar-refractivity contribution in [3.63, 3.8) is 0 Å². The predicted molar refractivity (Wildman–Crippen MR) is 74.4 cm³/mol. The Labute approximate surface area is 123 Å². The van der Waals surface area contributed by atoms with Gasteiger partial charge in [0.25, 0.3) is 5.91 Å². The number of hydrogen-bond donors (Lipinski definition) is 1. The van der Waals surface area contributed by atoms with Gasteiger partial charge in [-0.1, -0.05) is 23.9 Å². The Morgan fingerprint density at radius 2 is 2.05 bits per heavy atom. The van der Waals surface area contributed by atoms with Crippen molar-refractivity contribution in [1.82, 2.24) is 5.32 Å². The number of rotatable bonds is 4. The third-order valence-corrected chi connectivity index (χ3v) is 3.45. The predicted octanol–water partition coefficient (Wildman–Crippen LogP) is 2.60. The Balaban J connectivity index is 1.85. The number of carbonyl (C=O) groups is 1. The van der Waals surface area contributed by atoms with Crippen LogP contribution in [0.3, 0.4) is 0 Å². The monoisotopic (exact) mass is 318 g/mol. The minimum atomic E-state index is -4.33. The van der Waals surface area contributed by atoms with Crippen LogP contribution in [0.1, 0.15) is 15.9 Å². The van der Waals surface area contributed by atoms with Crippen molar-refractivity contribution < 1.29 is 22.7 Å². The molecule has 2 rings (SSSR count). The first-order valence-electron chi connectivity index (χ1n) is 6.16. The highest BCUT2D eigenvalue weighted by atomic mass is 32.2. The number of benzene rings is 1. The van der Waals surface area contributed by atoms with Crippen LogP contribution >= 0.6 is 11.8 Å². The maximum Gasteiger partial charge on any atom is 0.411 e. The van der Waals surface area contributed by atoms with Crippen LogP contribution in [0.15, 0.2) is 29.3 Å². The second kappa shape index (κ2) is 6.95. The number of nitrogens with one attached hydrogen (secondary N) is 1. The van der Waals surface area contributed by atoms with Crippen molar-refractivity contribution in [2.75, 3.05) is 18.9 Å². The van der Waals surface area contributed by atoms with Crippen LogP contribution in [0.25, 0.3) is 0 Å². The van der Waals surface area contributed by atoms with Crippen LogP contribution < -0.4 is 5.32 Å². The van der Waals surface area contributed by atoms with Gasteiger partial charge in [0.1, 0.15) is 6.61 Å². The molecule has 4 nitrogen and oxygen atoms in total. The van der Waals surface area contributed by atoms with E-state index < -0.39 is 12.8 Å². The van der Waals surface area contributed by atoms with Gasteiger partial charge in [0, 0.05) is 11.3 Å². The number of hydrogen-bond acceptors (Lipinski definition) is 4. The zero-order valence-corrected chi connectivity index (χ0v) is 11.8. The van der Waals surface area contributed by atoms with Crippen molar-refractivity contribution in [3.05, 3.63) is 35.4 Å². The van der Waals surface area contributed by atoms with Gasteiger partial charge < -0.3 is 10.1 Å². The Bertz CT molecular complexity index is 529. The van der Waals surface area contributed by atoms with Crippen LogP contribution in [-0.4, -0.2) is 36.2 Å². The number of amidine groups is 1. The van der Waals surface area contributed by atoms with Gasteiger partial charge in [0.15, 0.2) is 5.17 Å². The van der Waals surface area contributed by atoms with Gasteiger partial charge in [-0.05, 0) is 17.7 Å². The maximum atomic E-state index is 11.9. The topological polar surface area (TPSA) is 50.7 Å². The standard InChI is InChI=1S/C13H13F3N2O2S/c14-13(15,16)8-20-7-9-1-3-10(4-2-9)11(19)18-12-17-5-6-21-12/h1-4H,5-8H2,(H,17,18,19). The normalized spacial score (nSPS) is 14.9. The molecule has 0 bridgehead atoms. The molecule has 0 aliphatic carbocycles. The molecule has 1 amide bonds. The summed E-state index contributed by atoms with van der Waals surface area (Å²) < 4.78 is 40.3. The van der Waals surface area contributed by atoms with Gasteiger partial charge in [-0.2, -0.15) is 13.2 Å². The van der Waals surface area contributed by atoms with Gasteiger partial charge >= 0.3 is 6.18 Å². The molecule has 0 aromatic heterocycles. The summed E-state index contributed by atoms with van der Waals surface area (Å²) >= 11 is 1.47. The van der Waals surface area contributed by atoms with E-state index in [4.69, 9.17) is 0 Å². The van der Waals surface area contributed by atoms with Crippen molar-refractivity contribution in [3.8, 4) is 0 Å². The zero-order chi connectivity index (χ0) is 15.3. The van der Waals surface area contributed by atoms with Crippen molar-refractivity contribution in [2.24, 2.45) is 4.99 Å². The highest BCUT2D eigenvalue weighted by Gasteiger charge is 2.27. The smallest absolute Gasteiger partial charge is 0.367 e. The first-order valence-corrected chi connectivity index (χ1v) is 7.15. The molecule has 1 N–H and O–H groups in total. The van der Waals surface area contributed by atoms with Gasteiger partial charge in [0.2, 0.25) is 0 Å². The van der Waals surface area contributed by atoms with Crippen LogP contribution in [-0.2, 0) is 11.3 Å². The number of aliphatic imine (C=N–C) groups is 1. The lowest BCUT2D eigenvalue weighted by Gasteiger charge is -2.08. The summed E-state index contributed by atoms with van der Waals surface area (Å²) in [6.07, 6.45) is -4.33. The quantitative estimate of drug-likeness (QED) is 0.928. The summed E-state index contributed by atoms with van der Waals surface area (Å²) in [5, 5.41) is 3.27. The lowest BCUT2D eigenvalue weighted by Crippen LogP contribution is -2.27. The van der Waals surface area contributed by atoms with Gasteiger partial charge in [0.05, 0.1) is 13.2 Å². The lowest BCUT2D eigenvalue weighted by molar-refractivity contribution is -0.176. The number of alkyl halides is 3. The minimum Gasteiger partial charge on any atom is -0.367 e. The second-order valence-corrected chi connectivity index (χ2v) is 5.38. The summed E-state index contributed by atoms with van der Waals surface area (Å²) in [5.41, 5.74) is 0.994. The third-order valence-electron chi connectivity index (χ3n) is 2.56. The summed E-state index contributed by atoms with van der Waals surface area (Å²) in [5.74, 6) is 0.566. The van der Waals surface area contributed by atoms with Crippen LogP contribution in [0.5, 0.6) is 0 Å². The minimum absolute atomic E-state index is 0.149. The van der Waals surface area contributed by atoms with E-state index in [0.29, 0.717) is 22.8 Å². The summed E-state index contributed by atoms with van der Waals surface area (Å²) in [4.78, 5) is 16.0. The van der Waals surface area contributed by atoms with E-state index in [0.717, 1.165) is 5.75 Å².